The summed E-state index contributed by atoms with van der Waals surface area (Å²) in [6.45, 7) is 2.78. The lowest BCUT2D eigenvalue weighted by atomic mass is 9.96. The van der Waals surface area contributed by atoms with Gasteiger partial charge in [-0.15, -0.1) is 5.10 Å². The lowest BCUT2D eigenvalue weighted by molar-refractivity contribution is 0.0589. The number of carbonyl (C=O) groups is 2. The Morgan fingerprint density at radius 3 is 2.67 bits per heavy atom. The van der Waals surface area contributed by atoms with Gasteiger partial charge < -0.3 is 14.2 Å². The molecule has 0 N–H and O–H groups in total. The van der Waals surface area contributed by atoms with E-state index in [1.807, 2.05) is 53.2 Å². The van der Waals surface area contributed by atoms with Crippen LogP contribution in [0.3, 0.4) is 0 Å². The molecule has 2 aromatic carbocycles. The van der Waals surface area contributed by atoms with Gasteiger partial charge in [0.15, 0.2) is 0 Å². The van der Waals surface area contributed by atoms with Crippen molar-refractivity contribution in [3.8, 4) is 16.8 Å². The van der Waals surface area contributed by atoms with Crippen molar-refractivity contribution in [2.24, 2.45) is 7.05 Å². The fraction of sp³-hybridized carbons (Fsp3) is 0.394. The summed E-state index contributed by atoms with van der Waals surface area (Å²) in [5.41, 5.74) is 4.16. The van der Waals surface area contributed by atoms with Crippen LogP contribution in [0.1, 0.15) is 89.4 Å². The van der Waals surface area contributed by atoms with Crippen LogP contribution < -0.4 is 0 Å². The highest BCUT2D eigenvalue weighted by molar-refractivity contribution is 5.96. The first-order chi connectivity index (χ1) is 20.4. The second kappa shape index (κ2) is 11.5. The molecule has 0 radical (unpaired) electrons. The Morgan fingerprint density at radius 1 is 1.07 bits per heavy atom. The SMILES string of the molecule is CCCC1CCCCN1C(=O)c1cccc(-c2cccc(-n3ccc(C(=O)OC)c3C3CC3c3cn(C)nn3)c2)c1F. The number of piperidine rings is 1. The normalized spacial score (nSPS) is 20.0. The van der Waals surface area contributed by atoms with Gasteiger partial charge in [-0.1, -0.05) is 42.8 Å². The van der Waals surface area contributed by atoms with Gasteiger partial charge in [-0.25, -0.2) is 9.18 Å². The lowest BCUT2D eigenvalue weighted by Crippen LogP contribution is -2.44. The third kappa shape index (κ3) is 5.12. The Morgan fingerprint density at radius 2 is 1.90 bits per heavy atom. The number of hydrogen-bond donors (Lipinski definition) is 0. The van der Waals surface area contributed by atoms with Crippen molar-refractivity contribution in [2.45, 2.75) is 63.3 Å². The Balaban J connectivity index is 1.35. The van der Waals surface area contributed by atoms with E-state index >= 15 is 4.39 Å². The van der Waals surface area contributed by atoms with E-state index in [1.54, 1.807) is 28.9 Å². The molecule has 1 saturated carbocycles. The van der Waals surface area contributed by atoms with Crippen molar-refractivity contribution >= 4 is 11.9 Å². The Kier molecular flexibility index (Phi) is 7.66. The summed E-state index contributed by atoms with van der Waals surface area (Å²) in [5.74, 6) is -0.935. The third-order valence-corrected chi connectivity index (χ3v) is 8.65. The van der Waals surface area contributed by atoms with Crippen molar-refractivity contribution in [2.75, 3.05) is 13.7 Å². The second-order valence-electron chi connectivity index (χ2n) is 11.4. The summed E-state index contributed by atoms with van der Waals surface area (Å²) in [6, 6.07) is 14.5. The summed E-state index contributed by atoms with van der Waals surface area (Å²) in [7, 11) is 3.21. The molecule has 218 valence electrons. The van der Waals surface area contributed by atoms with E-state index in [4.69, 9.17) is 4.74 Å². The van der Waals surface area contributed by atoms with Crippen LogP contribution in [-0.2, 0) is 11.8 Å². The van der Waals surface area contributed by atoms with E-state index in [9.17, 15) is 9.59 Å². The number of esters is 1. The molecule has 1 aliphatic carbocycles. The van der Waals surface area contributed by atoms with E-state index in [-0.39, 0.29) is 29.3 Å². The van der Waals surface area contributed by atoms with E-state index < -0.39 is 11.8 Å². The van der Waals surface area contributed by atoms with Crippen LogP contribution in [0, 0.1) is 5.82 Å². The number of likely N-dealkylation sites (tertiary alicyclic amines) is 1. The van der Waals surface area contributed by atoms with Crippen LogP contribution in [0.2, 0.25) is 0 Å². The van der Waals surface area contributed by atoms with Gasteiger partial charge in [-0.2, -0.15) is 0 Å². The molecular weight excluding hydrogens is 533 g/mol. The first kappa shape index (κ1) is 27.9. The van der Waals surface area contributed by atoms with Crippen LogP contribution in [0.4, 0.5) is 4.39 Å². The maximum Gasteiger partial charge on any atom is 0.339 e. The molecule has 3 atom stereocenters. The number of rotatable bonds is 8. The Bertz CT molecular complexity index is 1620. The van der Waals surface area contributed by atoms with Gasteiger partial charge in [-0.3, -0.25) is 9.48 Å². The molecule has 0 spiro atoms. The lowest BCUT2D eigenvalue weighted by Gasteiger charge is -2.36. The molecular formula is C33H36FN5O3. The molecule has 6 rings (SSSR count). The van der Waals surface area contributed by atoms with Crippen LogP contribution in [0.5, 0.6) is 0 Å². The summed E-state index contributed by atoms with van der Waals surface area (Å²) in [5, 5.41) is 8.35. The van der Waals surface area contributed by atoms with Crippen LogP contribution >= 0.6 is 0 Å². The molecule has 0 bridgehead atoms. The molecule has 1 aliphatic heterocycles. The zero-order chi connectivity index (χ0) is 29.4. The fourth-order valence-corrected chi connectivity index (χ4v) is 6.49. The number of halogens is 1. The summed E-state index contributed by atoms with van der Waals surface area (Å²) < 4.78 is 24.8. The minimum atomic E-state index is -0.506. The molecule has 3 heterocycles. The molecule has 8 nitrogen and oxygen atoms in total. The summed E-state index contributed by atoms with van der Waals surface area (Å²) in [6.07, 6.45) is 9.53. The minimum absolute atomic E-state index is 0.0627. The fourth-order valence-electron chi connectivity index (χ4n) is 6.49. The predicted molar refractivity (Wildman–Crippen MR) is 157 cm³/mol. The van der Waals surface area contributed by atoms with Crippen molar-refractivity contribution in [1.82, 2.24) is 24.5 Å². The maximum absolute atomic E-state index is 16.1. The molecule has 1 amide bonds. The average molecular weight is 570 g/mol. The molecule has 4 aromatic rings. The highest BCUT2D eigenvalue weighted by atomic mass is 19.1. The van der Waals surface area contributed by atoms with Crippen molar-refractivity contribution < 1.29 is 18.7 Å². The number of carbonyl (C=O) groups excluding carboxylic acids is 2. The van der Waals surface area contributed by atoms with E-state index in [2.05, 4.69) is 17.2 Å². The van der Waals surface area contributed by atoms with Crippen LogP contribution in [0.25, 0.3) is 16.8 Å². The highest BCUT2D eigenvalue weighted by Crippen LogP contribution is 2.55. The smallest absolute Gasteiger partial charge is 0.339 e. The highest BCUT2D eigenvalue weighted by Gasteiger charge is 2.45. The number of aromatic nitrogens is 4. The average Bonchev–Trinajstić information content (AvgIpc) is 3.46. The van der Waals surface area contributed by atoms with E-state index in [0.29, 0.717) is 23.2 Å². The third-order valence-electron chi connectivity index (χ3n) is 8.65. The number of hydrogen-bond acceptors (Lipinski definition) is 5. The van der Waals surface area contributed by atoms with E-state index in [1.165, 1.54) is 7.11 Å². The molecule has 3 unspecified atom stereocenters. The zero-order valence-corrected chi connectivity index (χ0v) is 24.3. The van der Waals surface area contributed by atoms with Gasteiger partial charge in [0.1, 0.15) is 5.82 Å². The molecule has 2 aliphatic rings. The zero-order valence-electron chi connectivity index (χ0n) is 24.3. The van der Waals surface area contributed by atoms with Crippen molar-refractivity contribution in [3.63, 3.8) is 0 Å². The van der Waals surface area contributed by atoms with Gasteiger partial charge in [-0.05, 0) is 61.9 Å². The largest absolute Gasteiger partial charge is 0.465 e. The van der Waals surface area contributed by atoms with E-state index in [0.717, 1.165) is 55.6 Å². The first-order valence-electron chi connectivity index (χ1n) is 14.8. The predicted octanol–water partition coefficient (Wildman–Crippen LogP) is 6.26. The maximum atomic E-state index is 16.1. The molecule has 9 heteroatoms. The second-order valence-corrected chi connectivity index (χ2v) is 11.4. The number of amides is 1. The molecule has 1 saturated heterocycles. The molecule has 2 fully saturated rings. The van der Waals surface area contributed by atoms with Crippen LogP contribution in [0.15, 0.2) is 60.9 Å². The number of methoxy groups -OCH3 is 1. The summed E-state index contributed by atoms with van der Waals surface area (Å²) >= 11 is 0. The standard InChI is InChI=1S/C33H36FN5O3/c1-4-9-22-11-5-6-16-39(22)32(40)25-14-8-13-24(30(25)34)21-10-7-12-23(18-21)38-17-15-26(33(41)42-3)31(38)28-19-27(28)29-20-37(2)36-35-29/h7-8,10,12-15,17-18,20,22,27-28H,4-6,9,11,16,19H2,1-3H3. The number of benzene rings is 2. The Labute approximate surface area is 245 Å². The molecule has 42 heavy (non-hydrogen) atoms. The minimum Gasteiger partial charge on any atom is -0.465 e. The van der Waals surface area contributed by atoms with Gasteiger partial charge in [0.25, 0.3) is 5.91 Å². The van der Waals surface area contributed by atoms with Gasteiger partial charge >= 0.3 is 5.97 Å². The monoisotopic (exact) mass is 569 g/mol. The van der Waals surface area contributed by atoms with Gasteiger partial charge in [0, 0.05) is 60.8 Å². The van der Waals surface area contributed by atoms with Gasteiger partial charge in [0.2, 0.25) is 0 Å². The Hall–Kier alpha value is -4.27. The van der Waals surface area contributed by atoms with Crippen LogP contribution in [-0.4, -0.2) is 56.0 Å². The number of nitrogens with zero attached hydrogens (tertiary/aromatic N) is 5. The number of aryl methyl sites for hydroxylation is 1. The van der Waals surface area contributed by atoms with Gasteiger partial charge in [0.05, 0.1) is 23.9 Å². The molecule has 2 aromatic heterocycles. The quantitative estimate of drug-likeness (QED) is 0.234. The topological polar surface area (TPSA) is 82.3 Å². The first-order valence-corrected chi connectivity index (χ1v) is 14.8. The number of ether oxygens (including phenoxy) is 1. The van der Waals surface area contributed by atoms with Crippen molar-refractivity contribution in [1.29, 1.82) is 0 Å². The summed E-state index contributed by atoms with van der Waals surface area (Å²) in [4.78, 5) is 28.2. The van der Waals surface area contributed by atoms with Crippen molar-refractivity contribution in [3.05, 3.63) is 89.3 Å².